The predicted molar refractivity (Wildman–Crippen MR) is 43.5 cm³/mol. The fourth-order valence-electron chi connectivity index (χ4n) is 1.54. The lowest BCUT2D eigenvalue weighted by Crippen LogP contribution is -2.31. The molecule has 1 N–H and O–H groups in total. The minimum absolute atomic E-state index is 0.167. The van der Waals surface area contributed by atoms with Crippen LogP contribution in [0.1, 0.15) is 12.8 Å². The molecule has 1 heterocycles. The number of hydrogen-bond acceptors (Lipinski definition) is 3. The zero-order chi connectivity index (χ0) is 8.27. The van der Waals surface area contributed by atoms with Crippen LogP contribution in [0.5, 0.6) is 0 Å². The van der Waals surface area contributed by atoms with Gasteiger partial charge in [-0.25, -0.2) is 0 Å². The van der Waals surface area contributed by atoms with Crippen LogP contribution in [0.25, 0.3) is 0 Å². The van der Waals surface area contributed by atoms with Gasteiger partial charge in [0.05, 0.1) is 12.2 Å². The van der Waals surface area contributed by atoms with Gasteiger partial charge < -0.3 is 14.7 Å². The summed E-state index contributed by atoms with van der Waals surface area (Å²) in [5.41, 5.74) is 0. The lowest BCUT2D eigenvalue weighted by molar-refractivity contribution is 0.0756. The standard InChI is InChI=1S/C8H17NO2/c1-9-5-7(10)3-4-8(6-9)11-2/h7-8,10H,3-6H2,1-2H3. The molecule has 3 nitrogen and oxygen atoms in total. The number of likely N-dealkylation sites (tertiary alicyclic amines) is 1. The molecule has 2 atom stereocenters. The van der Waals surface area contributed by atoms with Gasteiger partial charge in [-0.05, 0) is 19.9 Å². The van der Waals surface area contributed by atoms with E-state index in [1.54, 1.807) is 7.11 Å². The van der Waals surface area contributed by atoms with E-state index >= 15 is 0 Å². The Morgan fingerprint density at radius 1 is 1.36 bits per heavy atom. The third-order valence-electron chi connectivity index (χ3n) is 2.19. The van der Waals surface area contributed by atoms with E-state index in [9.17, 15) is 5.11 Å². The molecule has 1 aliphatic rings. The first kappa shape index (κ1) is 8.97. The van der Waals surface area contributed by atoms with Gasteiger partial charge in [-0.15, -0.1) is 0 Å². The summed E-state index contributed by atoms with van der Waals surface area (Å²) in [5, 5.41) is 9.38. The van der Waals surface area contributed by atoms with E-state index in [1.807, 2.05) is 7.05 Å². The largest absolute Gasteiger partial charge is 0.392 e. The average Bonchev–Trinajstić information content (AvgIpc) is 2.11. The third kappa shape index (κ3) is 2.77. The summed E-state index contributed by atoms with van der Waals surface area (Å²) < 4.78 is 5.24. The number of likely N-dealkylation sites (N-methyl/N-ethyl adjacent to an activating group) is 1. The van der Waals surface area contributed by atoms with Gasteiger partial charge >= 0.3 is 0 Å². The van der Waals surface area contributed by atoms with Crippen molar-refractivity contribution < 1.29 is 9.84 Å². The molecule has 0 aliphatic carbocycles. The Kier molecular flexibility index (Phi) is 3.30. The molecule has 0 spiro atoms. The maximum absolute atomic E-state index is 9.38. The number of hydrogen-bond donors (Lipinski definition) is 1. The summed E-state index contributed by atoms with van der Waals surface area (Å²) in [6.07, 6.45) is 1.97. The molecule has 1 rings (SSSR count). The number of methoxy groups -OCH3 is 1. The van der Waals surface area contributed by atoms with Gasteiger partial charge in [-0.2, -0.15) is 0 Å². The normalized spacial score (nSPS) is 35.2. The fraction of sp³-hybridized carbons (Fsp3) is 1.00. The third-order valence-corrected chi connectivity index (χ3v) is 2.19. The van der Waals surface area contributed by atoms with Gasteiger partial charge in [0.1, 0.15) is 0 Å². The molecule has 0 aromatic carbocycles. The molecule has 1 saturated heterocycles. The van der Waals surface area contributed by atoms with Gasteiger partial charge in [0.25, 0.3) is 0 Å². The molecule has 0 saturated carbocycles. The van der Waals surface area contributed by atoms with Crippen molar-refractivity contribution in [3.63, 3.8) is 0 Å². The summed E-state index contributed by atoms with van der Waals surface area (Å²) >= 11 is 0. The van der Waals surface area contributed by atoms with Gasteiger partial charge in [0, 0.05) is 20.2 Å². The van der Waals surface area contributed by atoms with Crippen LogP contribution >= 0.6 is 0 Å². The minimum Gasteiger partial charge on any atom is -0.392 e. The highest BCUT2D eigenvalue weighted by atomic mass is 16.5. The van der Waals surface area contributed by atoms with Crippen LogP contribution in [0.2, 0.25) is 0 Å². The highest BCUT2D eigenvalue weighted by Gasteiger charge is 2.19. The first-order valence-electron chi connectivity index (χ1n) is 4.11. The van der Waals surface area contributed by atoms with E-state index in [1.165, 1.54) is 0 Å². The van der Waals surface area contributed by atoms with E-state index in [-0.39, 0.29) is 6.10 Å². The first-order valence-corrected chi connectivity index (χ1v) is 4.11. The first-order chi connectivity index (χ1) is 5.22. The summed E-state index contributed by atoms with van der Waals surface area (Å²) in [6, 6.07) is 0. The summed E-state index contributed by atoms with van der Waals surface area (Å²) in [4.78, 5) is 2.12. The number of aliphatic hydroxyl groups excluding tert-OH is 1. The number of ether oxygens (including phenoxy) is 1. The van der Waals surface area contributed by atoms with Crippen LogP contribution in [0.3, 0.4) is 0 Å². The monoisotopic (exact) mass is 159 g/mol. The van der Waals surface area contributed by atoms with Crippen molar-refractivity contribution in [3.8, 4) is 0 Å². The summed E-state index contributed by atoms with van der Waals surface area (Å²) in [7, 11) is 3.75. The van der Waals surface area contributed by atoms with Crippen molar-refractivity contribution in [1.82, 2.24) is 4.90 Å². The smallest absolute Gasteiger partial charge is 0.0699 e. The fourth-order valence-corrected chi connectivity index (χ4v) is 1.54. The molecule has 0 aromatic heterocycles. The molecule has 0 bridgehead atoms. The van der Waals surface area contributed by atoms with E-state index in [0.717, 1.165) is 25.9 Å². The predicted octanol–water partition coefficient (Wildman–Crippen LogP) is 0.0879. The molecular formula is C8H17NO2. The van der Waals surface area contributed by atoms with Crippen molar-refractivity contribution in [2.24, 2.45) is 0 Å². The Bertz CT molecular complexity index is 119. The number of β-amino-alcohol motifs (C(OH)–C–C–N with tert-alkyl or cyclic N) is 1. The van der Waals surface area contributed by atoms with Crippen LogP contribution in [0.15, 0.2) is 0 Å². The SMILES string of the molecule is COC1CCC(O)CN(C)C1. The Hall–Kier alpha value is -0.120. The van der Waals surface area contributed by atoms with E-state index in [2.05, 4.69) is 4.90 Å². The second-order valence-electron chi connectivity index (χ2n) is 3.31. The zero-order valence-corrected chi connectivity index (χ0v) is 7.29. The molecule has 1 fully saturated rings. The maximum Gasteiger partial charge on any atom is 0.0699 e. The lowest BCUT2D eigenvalue weighted by atomic mass is 10.1. The lowest BCUT2D eigenvalue weighted by Gasteiger charge is -2.18. The molecule has 3 heteroatoms. The number of rotatable bonds is 1. The van der Waals surface area contributed by atoms with E-state index in [4.69, 9.17) is 4.74 Å². The Morgan fingerprint density at radius 3 is 2.73 bits per heavy atom. The second kappa shape index (κ2) is 4.04. The number of nitrogens with zero attached hydrogens (tertiary/aromatic N) is 1. The maximum atomic E-state index is 9.38. The highest BCUT2D eigenvalue weighted by molar-refractivity contribution is 4.73. The topological polar surface area (TPSA) is 32.7 Å². The molecule has 66 valence electrons. The molecule has 2 unspecified atom stereocenters. The molecule has 0 aromatic rings. The van der Waals surface area contributed by atoms with Crippen LogP contribution in [0.4, 0.5) is 0 Å². The highest BCUT2D eigenvalue weighted by Crippen LogP contribution is 2.11. The van der Waals surface area contributed by atoms with E-state index < -0.39 is 0 Å². The Labute approximate surface area is 68.0 Å². The molecule has 0 radical (unpaired) electrons. The van der Waals surface area contributed by atoms with Crippen LogP contribution in [0, 0.1) is 0 Å². The van der Waals surface area contributed by atoms with Gasteiger partial charge in [0.15, 0.2) is 0 Å². The summed E-state index contributed by atoms with van der Waals surface area (Å²) in [6.45, 7) is 1.72. The molecule has 0 amide bonds. The Balaban J connectivity index is 2.39. The van der Waals surface area contributed by atoms with E-state index in [0.29, 0.717) is 6.10 Å². The molecule has 1 aliphatic heterocycles. The zero-order valence-electron chi connectivity index (χ0n) is 7.29. The van der Waals surface area contributed by atoms with Crippen molar-refractivity contribution in [2.45, 2.75) is 25.0 Å². The minimum atomic E-state index is -0.167. The summed E-state index contributed by atoms with van der Waals surface area (Å²) in [5.74, 6) is 0. The van der Waals surface area contributed by atoms with Crippen molar-refractivity contribution in [3.05, 3.63) is 0 Å². The van der Waals surface area contributed by atoms with Crippen molar-refractivity contribution in [2.75, 3.05) is 27.2 Å². The van der Waals surface area contributed by atoms with Crippen LogP contribution in [-0.4, -0.2) is 49.5 Å². The second-order valence-corrected chi connectivity index (χ2v) is 3.31. The Morgan fingerprint density at radius 2 is 2.09 bits per heavy atom. The van der Waals surface area contributed by atoms with Gasteiger partial charge in [-0.3, -0.25) is 0 Å². The van der Waals surface area contributed by atoms with Crippen molar-refractivity contribution in [1.29, 1.82) is 0 Å². The van der Waals surface area contributed by atoms with Gasteiger partial charge in [0.2, 0.25) is 0 Å². The van der Waals surface area contributed by atoms with Gasteiger partial charge in [-0.1, -0.05) is 0 Å². The molecule has 11 heavy (non-hydrogen) atoms. The average molecular weight is 159 g/mol. The van der Waals surface area contributed by atoms with Crippen LogP contribution in [-0.2, 0) is 4.74 Å². The van der Waals surface area contributed by atoms with Crippen molar-refractivity contribution >= 4 is 0 Å². The van der Waals surface area contributed by atoms with Crippen LogP contribution < -0.4 is 0 Å². The number of aliphatic hydroxyl groups is 1. The quantitative estimate of drug-likeness (QED) is 0.588. The molecular weight excluding hydrogens is 142 g/mol.